The highest BCUT2D eigenvalue weighted by atomic mass is 16.6. The molecule has 1 aromatic carbocycles. The average Bonchev–Trinajstić information content (AvgIpc) is 2.38. The van der Waals surface area contributed by atoms with Gasteiger partial charge in [-0.25, -0.2) is 9.59 Å². The summed E-state index contributed by atoms with van der Waals surface area (Å²) in [6.07, 6.45) is 0. The van der Waals surface area contributed by atoms with E-state index in [1.165, 1.54) is 0 Å². The Hall–Kier alpha value is -2.04. The van der Waals surface area contributed by atoms with E-state index in [-0.39, 0.29) is 13.2 Å². The van der Waals surface area contributed by atoms with Crippen molar-refractivity contribution in [3.63, 3.8) is 0 Å². The number of carbonyl (C=O) groups is 2. The Kier molecular flexibility index (Phi) is 6.21. The van der Waals surface area contributed by atoms with E-state index < -0.39 is 18.0 Å². The second-order valence-corrected chi connectivity index (χ2v) is 4.86. The van der Waals surface area contributed by atoms with Gasteiger partial charge in [0.15, 0.2) is 0 Å². The number of rotatable bonds is 6. The molecule has 0 radical (unpaired) electrons. The van der Waals surface area contributed by atoms with Crippen molar-refractivity contribution in [2.24, 2.45) is 0 Å². The molecular formula is C16H23NO4. The molecule has 0 aromatic heterocycles. The van der Waals surface area contributed by atoms with Crippen molar-refractivity contribution in [1.82, 2.24) is 0 Å². The quantitative estimate of drug-likeness (QED) is 0.645. The van der Waals surface area contributed by atoms with Crippen LogP contribution in [0.3, 0.4) is 0 Å². The minimum absolute atomic E-state index is 0.211. The first-order valence-corrected chi connectivity index (χ1v) is 7.08. The third-order valence-corrected chi connectivity index (χ3v) is 3.01. The summed E-state index contributed by atoms with van der Waals surface area (Å²) in [6, 6.07) is 2.83. The van der Waals surface area contributed by atoms with E-state index in [4.69, 9.17) is 9.47 Å². The minimum Gasteiger partial charge on any atom is -0.464 e. The van der Waals surface area contributed by atoms with Crippen LogP contribution in [0.4, 0.5) is 5.69 Å². The van der Waals surface area contributed by atoms with Crippen LogP contribution in [0.25, 0.3) is 0 Å². The van der Waals surface area contributed by atoms with Gasteiger partial charge in [0.05, 0.1) is 13.2 Å². The maximum atomic E-state index is 12.0. The van der Waals surface area contributed by atoms with Crippen molar-refractivity contribution in [3.8, 4) is 0 Å². The topological polar surface area (TPSA) is 64.6 Å². The second-order valence-electron chi connectivity index (χ2n) is 4.86. The summed E-state index contributed by atoms with van der Waals surface area (Å²) < 4.78 is 9.89. The lowest BCUT2D eigenvalue weighted by Crippen LogP contribution is -2.40. The summed E-state index contributed by atoms with van der Waals surface area (Å²) in [4.78, 5) is 23.9. The molecule has 0 heterocycles. The Balaban J connectivity index is 3.06. The van der Waals surface area contributed by atoms with E-state index in [0.717, 1.165) is 22.4 Å². The maximum absolute atomic E-state index is 12.0. The van der Waals surface area contributed by atoms with Crippen molar-refractivity contribution < 1.29 is 19.1 Å². The highest BCUT2D eigenvalue weighted by molar-refractivity contribution is 6.02. The van der Waals surface area contributed by atoms with Crippen LogP contribution in [0.2, 0.25) is 0 Å². The smallest absolute Gasteiger partial charge is 0.340 e. The molecule has 116 valence electrons. The van der Waals surface area contributed by atoms with Crippen LogP contribution in [0, 0.1) is 20.8 Å². The molecule has 0 aliphatic rings. The number of hydrogen-bond acceptors (Lipinski definition) is 5. The van der Waals surface area contributed by atoms with Gasteiger partial charge >= 0.3 is 11.9 Å². The average molecular weight is 293 g/mol. The molecule has 0 bridgehead atoms. The predicted octanol–water partition coefficient (Wildman–Crippen LogP) is 2.52. The zero-order valence-corrected chi connectivity index (χ0v) is 13.3. The van der Waals surface area contributed by atoms with Crippen molar-refractivity contribution in [3.05, 3.63) is 28.8 Å². The molecular weight excluding hydrogens is 270 g/mol. The van der Waals surface area contributed by atoms with Crippen LogP contribution >= 0.6 is 0 Å². The van der Waals surface area contributed by atoms with Gasteiger partial charge in [-0.1, -0.05) is 17.7 Å². The van der Waals surface area contributed by atoms with Crippen molar-refractivity contribution in [2.75, 3.05) is 18.5 Å². The number of hydrogen-bond donors (Lipinski definition) is 1. The third kappa shape index (κ3) is 4.48. The summed E-state index contributed by atoms with van der Waals surface area (Å²) in [5.41, 5.74) is 3.81. The molecule has 1 N–H and O–H groups in total. The lowest BCUT2D eigenvalue weighted by atomic mass is 10.0. The molecule has 1 aromatic rings. The van der Waals surface area contributed by atoms with Gasteiger partial charge in [0.25, 0.3) is 0 Å². The first kappa shape index (κ1) is 17.0. The van der Waals surface area contributed by atoms with Crippen molar-refractivity contribution in [2.45, 2.75) is 40.7 Å². The normalized spacial score (nSPS) is 10.4. The largest absolute Gasteiger partial charge is 0.464 e. The molecule has 0 fully saturated rings. The zero-order valence-electron chi connectivity index (χ0n) is 13.3. The van der Waals surface area contributed by atoms with Crippen LogP contribution in [0.1, 0.15) is 30.5 Å². The Morgan fingerprint density at radius 1 is 1.00 bits per heavy atom. The summed E-state index contributed by atoms with van der Waals surface area (Å²) in [6.45, 7) is 9.67. The maximum Gasteiger partial charge on any atom is 0.340 e. The van der Waals surface area contributed by atoms with E-state index >= 15 is 0 Å². The molecule has 0 amide bonds. The molecule has 1 rings (SSSR count). The first-order valence-electron chi connectivity index (χ1n) is 7.08. The number of aryl methyl sites for hydroxylation is 3. The summed E-state index contributed by atoms with van der Waals surface area (Å²) in [7, 11) is 0. The monoisotopic (exact) mass is 293 g/mol. The Morgan fingerprint density at radius 2 is 1.43 bits per heavy atom. The van der Waals surface area contributed by atoms with E-state index in [9.17, 15) is 9.59 Å². The lowest BCUT2D eigenvalue weighted by Gasteiger charge is -2.20. The van der Waals surface area contributed by atoms with E-state index in [1.54, 1.807) is 13.8 Å². The minimum atomic E-state index is -1.15. The summed E-state index contributed by atoms with van der Waals surface area (Å²) in [5, 5.41) is 2.96. The molecule has 0 unspecified atom stereocenters. The highest BCUT2D eigenvalue weighted by Gasteiger charge is 2.30. The van der Waals surface area contributed by atoms with Crippen LogP contribution < -0.4 is 5.32 Å². The standard InChI is InChI=1S/C16H23NO4/c1-6-20-15(18)14(16(19)21-7-2)17-13-11(4)8-10(3)9-12(13)5/h8-9,14,17H,6-7H2,1-5H3. The predicted molar refractivity (Wildman–Crippen MR) is 81.3 cm³/mol. The van der Waals surface area contributed by atoms with E-state index in [1.807, 2.05) is 32.9 Å². The van der Waals surface area contributed by atoms with Crippen LogP contribution in [0.5, 0.6) is 0 Å². The highest BCUT2D eigenvalue weighted by Crippen LogP contribution is 2.23. The molecule has 0 saturated heterocycles. The molecule has 21 heavy (non-hydrogen) atoms. The fraction of sp³-hybridized carbons (Fsp3) is 0.500. The van der Waals surface area contributed by atoms with Gasteiger partial charge in [-0.05, 0) is 45.7 Å². The van der Waals surface area contributed by atoms with Crippen molar-refractivity contribution >= 4 is 17.6 Å². The molecule has 5 heteroatoms. The van der Waals surface area contributed by atoms with Crippen LogP contribution in [-0.4, -0.2) is 31.2 Å². The number of anilines is 1. The summed E-state index contributed by atoms with van der Waals surface area (Å²) in [5.74, 6) is -1.26. The summed E-state index contributed by atoms with van der Waals surface area (Å²) >= 11 is 0. The van der Waals surface area contributed by atoms with E-state index in [2.05, 4.69) is 5.32 Å². The van der Waals surface area contributed by atoms with Gasteiger partial charge in [-0.15, -0.1) is 0 Å². The lowest BCUT2D eigenvalue weighted by molar-refractivity contribution is -0.155. The molecule has 5 nitrogen and oxygen atoms in total. The third-order valence-electron chi connectivity index (χ3n) is 3.01. The molecule has 0 aliphatic heterocycles. The second kappa shape index (κ2) is 7.67. The van der Waals surface area contributed by atoms with Gasteiger partial charge in [-0.3, -0.25) is 0 Å². The van der Waals surface area contributed by atoms with Crippen LogP contribution in [-0.2, 0) is 19.1 Å². The Bertz CT molecular complexity index is 484. The molecule has 0 saturated carbocycles. The van der Waals surface area contributed by atoms with Gasteiger partial charge in [-0.2, -0.15) is 0 Å². The van der Waals surface area contributed by atoms with E-state index in [0.29, 0.717) is 0 Å². The van der Waals surface area contributed by atoms with Gasteiger partial charge in [0, 0.05) is 5.69 Å². The fourth-order valence-electron chi connectivity index (χ4n) is 2.22. The number of ether oxygens (including phenoxy) is 2. The number of nitrogens with one attached hydrogen (secondary N) is 1. The van der Waals surface area contributed by atoms with Gasteiger partial charge in [0.1, 0.15) is 0 Å². The number of carbonyl (C=O) groups excluding carboxylic acids is 2. The Labute approximate surface area is 125 Å². The first-order chi connectivity index (χ1) is 9.90. The Morgan fingerprint density at radius 3 is 1.81 bits per heavy atom. The molecule has 0 atom stereocenters. The SMILES string of the molecule is CCOC(=O)C(Nc1c(C)cc(C)cc1C)C(=O)OCC. The molecule has 0 spiro atoms. The molecule has 0 aliphatic carbocycles. The van der Waals surface area contributed by atoms with Crippen molar-refractivity contribution in [1.29, 1.82) is 0 Å². The van der Waals surface area contributed by atoms with Gasteiger partial charge < -0.3 is 14.8 Å². The number of esters is 2. The fourth-order valence-corrected chi connectivity index (χ4v) is 2.22. The van der Waals surface area contributed by atoms with Gasteiger partial charge in [0.2, 0.25) is 6.04 Å². The zero-order chi connectivity index (χ0) is 16.0. The number of benzene rings is 1. The van der Waals surface area contributed by atoms with Crippen LogP contribution in [0.15, 0.2) is 12.1 Å².